The fourth-order valence-corrected chi connectivity index (χ4v) is 1.83. The first-order valence-electron chi connectivity index (χ1n) is 6.17. The lowest BCUT2D eigenvalue weighted by molar-refractivity contribution is -0.137. The van der Waals surface area contributed by atoms with Crippen LogP contribution < -0.4 is 16.2 Å². The fraction of sp³-hybridized carbons (Fsp3) is 0.214. The zero-order valence-electron chi connectivity index (χ0n) is 11.6. The average molecular weight is 296 g/mol. The maximum absolute atomic E-state index is 12.9. The van der Waals surface area contributed by atoms with E-state index in [0.29, 0.717) is 0 Å². The molecule has 0 atom stereocenters. The lowest BCUT2D eigenvalue weighted by atomic mass is 10.2. The van der Waals surface area contributed by atoms with Gasteiger partial charge in [-0.2, -0.15) is 13.2 Å². The van der Waals surface area contributed by atoms with Gasteiger partial charge in [-0.05, 0) is 31.2 Å². The van der Waals surface area contributed by atoms with E-state index < -0.39 is 11.7 Å². The van der Waals surface area contributed by atoms with Crippen LogP contribution in [0, 0.1) is 6.92 Å². The summed E-state index contributed by atoms with van der Waals surface area (Å²) in [7, 11) is 1.65. The van der Waals surface area contributed by atoms with Crippen LogP contribution in [0.4, 0.5) is 30.5 Å². The minimum absolute atomic E-state index is 0.0428. The van der Waals surface area contributed by atoms with Gasteiger partial charge in [0.2, 0.25) is 0 Å². The predicted molar refractivity (Wildman–Crippen MR) is 76.3 cm³/mol. The number of nitrogens with one attached hydrogen (secondary N) is 1. The molecule has 0 aliphatic carbocycles. The molecule has 2 rings (SSSR count). The van der Waals surface area contributed by atoms with Crippen LogP contribution in [0.3, 0.4) is 0 Å². The second kappa shape index (κ2) is 5.61. The third kappa shape index (κ3) is 3.43. The van der Waals surface area contributed by atoms with Gasteiger partial charge in [-0.3, -0.25) is 0 Å². The topological polar surface area (TPSA) is 54.2 Å². The highest BCUT2D eigenvalue weighted by molar-refractivity contribution is 5.62. The van der Waals surface area contributed by atoms with Gasteiger partial charge in [0.25, 0.3) is 0 Å². The number of benzene rings is 1. The summed E-state index contributed by atoms with van der Waals surface area (Å²) >= 11 is 0. The highest BCUT2D eigenvalue weighted by atomic mass is 19.4. The number of hydrogen-bond acceptors (Lipinski definition) is 4. The van der Waals surface area contributed by atoms with Crippen LogP contribution >= 0.6 is 0 Å². The van der Waals surface area contributed by atoms with Crippen molar-refractivity contribution in [1.82, 2.24) is 4.98 Å². The van der Waals surface area contributed by atoms with Gasteiger partial charge in [-0.15, -0.1) is 0 Å². The van der Waals surface area contributed by atoms with Gasteiger partial charge in [-0.1, -0.05) is 17.7 Å². The molecule has 1 aromatic carbocycles. The number of alkyl halides is 3. The zero-order valence-corrected chi connectivity index (χ0v) is 11.6. The molecule has 0 spiro atoms. The average Bonchev–Trinajstić information content (AvgIpc) is 2.46. The highest BCUT2D eigenvalue weighted by Gasteiger charge is 2.32. The summed E-state index contributed by atoms with van der Waals surface area (Å²) in [4.78, 5) is 5.62. The largest absolute Gasteiger partial charge is 0.416 e. The number of hydrogen-bond donors (Lipinski definition) is 2. The second-order valence-electron chi connectivity index (χ2n) is 4.64. The quantitative estimate of drug-likeness (QED) is 0.673. The molecule has 0 radical (unpaired) electrons. The molecule has 0 fully saturated rings. The van der Waals surface area contributed by atoms with Gasteiger partial charge in [-0.25, -0.2) is 10.8 Å². The van der Waals surface area contributed by atoms with Crippen LogP contribution in [0.5, 0.6) is 0 Å². The van der Waals surface area contributed by atoms with Gasteiger partial charge in [0, 0.05) is 12.7 Å². The van der Waals surface area contributed by atoms with Crippen LogP contribution in [0.1, 0.15) is 11.1 Å². The fourth-order valence-electron chi connectivity index (χ4n) is 1.83. The van der Waals surface area contributed by atoms with E-state index in [4.69, 9.17) is 5.84 Å². The lowest BCUT2D eigenvalue weighted by Crippen LogP contribution is -2.17. The van der Waals surface area contributed by atoms with Crippen molar-refractivity contribution >= 4 is 17.3 Å². The van der Waals surface area contributed by atoms with Crippen molar-refractivity contribution in [2.45, 2.75) is 13.1 Å². The van der Waals surface area contributed by atoms with E-state index in [0.717, 1.165) is 23.4 Å². The van der Waals surface area contributed by atoms with Gasteiger partial charge < -0.3 is 10.3 Å². The molecule has 4 nitrogen and oxygen atoms in total. The molecule has 0 aliphatic rings. The van der Waals surface area contributed by atoms with Crippen molar-refractivity contribution in [1.29, 1.82) is 0 Å². The standard InChI is InChI=1S/C14H15F3N4/c1-9-3-5-11(6-4-9)21(2)13-8-10(14(15,16)17)7-12(19-13)20-18/h3-8H,18H2,1-2H3,(H,19,20). The number of hydrazine groups is 1. The van der Waals surface area contributed by atoms with E-state index in [9.17, 15) is 13.2 Å². The molecule has 0 saturated carbocycles. The van der Waals surface area contributed by atoms with Gasteiger partial charge in [0.05, 0.1) is 5.56 Å². The molecule has 0 saturated heterocycles. The molecule has 1 heterocycles. The number of nitrogens with zero attached hydrogens (tertiary/aromatic N) is 2. The molecule has 2 aromatic rings. The van der Waals surface area contributed by atoms with E-state index in [1.807, 2.05) is 31.2 Å². The number of rotatable bonds is 3. The summed E-state index contributed by atoms with van der Waals surface area (Å²) in [6.07, 6.45) is -4.46. The van der Waals surface area contributed by atoms with Crippen molar-refractivity contribution in [2.75, 3.05) is 17.4 Å². The summed E-state index contributed by atoms with van der Waals surface area (Å²) in [6, 6.07) is 9.23. The Morgan fingerprint density at radius 1 is 1.14 bits per heavy atom. The second-order valence-corrected chi connectivity index (χ2v) is 4.64. The first-order chi connectivity index (χ1) is 9.81. The Balaban J connectivity index is 2.45. The Kier molecular flexibility index (Phi) is 4.04. The molecule has 21 heavy (non-hydrogen) atoms. The van der Waals surface area contributed by atoms with E-state index in [-0.39, 0.29) is 11.6 Å². The normalized spacial score (nSPS) is 11.3. The molecule has 0 unspecified atom stereocenters. The van der Waals surface area contributed by atoms with Gasteiger partial charge >= 0.3 is 6.18 Å². The number of nitrogens with two attached hydrogens (primary N) is 1. The summed E-state index contributed by atoms with van der Waals surface area (Å²) in [5, 5.41) is 0. The van der Waals surface area contributed by atoms with Crippen LogP contribution in [0.2, 0.25) is 0 Å². The van der Waals surface area contributed by atoms with E-state index in [1.165, 1.54) is 0 Å². The molecule has 1 aromatic heterocycles. The van der Waals surface area contributed by atoms with Gasteiger partial charge in [0.1, 0.15) is 11.6 Å². The Morgan fingerprint density at radius 2 is 1.76 bits per heavy atom. The number of aryl methyl sites for hydroxylation is 1. The van der Waals surface area contributed by atoms with Crippen molar-refractivity contribution in [3.8, 4) is 0 Å². The predicted octanol–water partition coefficient (Wildman–Crippen LogP) is 3.46. The monoisotopic (exact) mass is 296 g/mol. The molecule has 7 heteroatoms. The van der Waals surface area contributed by atoms with Crippen molar-refractivity contribution in [3.63, 3.8) is 0 Å². The van der Waals surface area contributed by atoms with Crippen LogP contribution in [0.25, 0.3) is 0 Å². The SMILES string of the molecule is Cc1ccc(N(C)c2cc(C(F)(F)F)cc(NN)n2)cc1. The van der Waals surface area contributed by atoms with Crippen molar-refractivity contribution in [3.05, 3.63) is 47.5 Å². The Bertz CT molecular complexity index is 623. The van der Waals surface area contributed by atoms with E-state index in [1.54, 1.807) is 11.9 Å². The van der Waals surface area contributed by atoms with E-state index in [2.05, 4.69) is 10.4 Å². The number of nitrogen functional groups attached to an aromatic ring is 1. The molecule has 0 amide bonds. The maximum atomic E-state index is 12.9. The third-order valence-electron chi connectivity index (χ3n) is 3.05. The number of aromatic nitrogens is 1. The zero-order chi connectivity index (χ0) is 15.6. The van der Waals surface area contributed by atoms with Crippen molar-refractivity contribution < 1.29 is 13.2 Å². The molecule has 112 valence electrons. The summed E-state index contributed by atoms with van der Waals surface area (Å²) in [5.74, 6) is 5.30. The maximum Gasteiger partial charge on any atom is 0.416 e. The van der Waals surface area contributed by atoms with Gasteiger partial charge in [0.15, 0.2) is 0 Å². The Labute approximate surface area is 120 Å². The molecular weight excluding hydrogens is 281 g/mol. The smallest absolute Gasteiger partial charge is 0.329 e. The number of halogens is 3. The van der Waals surface area contributed by atoms with Crippen LogP contribution in [0.15, 0.2) is 36.4 Å². The summed E-state index contributed by atoms with van der Waals surface area (Å²) in [5.41, 5.74) is 3.15. The highest BCUT2D eigenvalue weighted by Crippen LogP contribution is 2.34. The Hall–Kier alpha value is -2.28. The van der Waals surface area contributed by atoms with Crippen molar-refractivity contribution in [2.24, 2.45) is 5.84 Å². The third-order valence-corrected chi connectivity index (χ3v) is 3.05. The first kappa shape index (κ1) is 15.1. The lowest BCUT2D eigenvalue weighted by Gasteiger charge is -2.20. The minimum atomic E-state index is -4.46. The van der Waals surface area contributed by atoms with E-state index >= 15 is 0 Å². The van der Waals surface area contributed by atoms with Crippen LogP contribution in [-0.4, -0.2) is 12.0 Å². The molecule has 3 N–H and O–H groups in total. The summed E-state index contributed by atoms with van der Waals surface area (Å²) in [6.45, 7) is 1.93. The summed E-state index contributed by atoms with van der Waals surface area (Å²) < 4.78 is 38.7. The number of pyridine rings is 1. The number of anilines is 3. The first-order valence-corrected chi connectivity index (χ1v) is 6.17. The van der Waals surface area contributed by atoms with Crippen LogP contribution in [-0.2, 0) is 6.18 Å². The Morgan fingerprint density at radius 3 is 2.29 bits per heavy atom. The molecular formula is C14H15F3N4. The molecule has 0 aliphatic heterocycles. The molecule has 0 bridgehead atoms. The minimum Gasteiger partial charge on any atom is -0.329 e.